The Hall–Kier alpha value is -2.58. The van der Waals surface area contributed by atoms with Gasteiger partial charge in [0, 0.05) is 25.2 Å². The number of nitrogens with zero attached hydrogens (tertiary/aromatic N) is 1. The van der Waals surface area contributed by atoms with Crippen LogP contribution in [-0.4, -0.2) is 44.9 Å². The molecule has 1 fully saturated rings. The molecule has 0 bridgehead atoms. The number of anilines is 1. The number of aryl methyl sites for hydroxylation is 1. The number of sulfonamides is 1. The van der Waals surface area contributed by atoms with Gasteiger partial charge in [-0.05, 0) is 81.1 Å². The van der Waals surface area contributed by atoms with E-state index < -0.39 is 10.0 Å². The second kappa shape index (κ2) is 10.8. The van der Waals surface area contributed by atoms with E-state index in [0.29, 0.717) is 36.5 Å². The normalized spacial score (nSPS) is 14.9. The smallest absolute Gasteiger partial charge is 0.243 e. The summed E-state index contributed by atoms with van der Waals surface area (Å²) in [6.45, 7) is 5.01. The zero-order valence-electron chi connectivity index (χ0n) is 19.0. The number of rotatable bonds is 9. The zero-order valence-corrected chi connectivity index (χ0v) is 19.8. The Bertz CT molecular complexity index is 1010. The first-order chi connectivity index (χ1) is 15.3. The summed E-state index contributed by atoms with van der Waals surface area (Å²) in [5, 5.41) is 2.86. The fraction of sp³-hybridized carbons (Fsp3) is 0.458. The van der Waals surface area contributed by atoms with Gasteiger partial charge in [0.05, 0.1) is 18.1 Å². The highest BCUT2D eigenvalue weighted by molar-refractivity contribution is 7.89. The Balaban J connectivity index is 1.65. The molecule has 0 saturated carbocycles. The number of benzene rings is 2. The molecule has 0 aliphatic carbocycles. The van der Waals surface area contributed by atoms with Crippen LogP contribution in [0.5, 0.6) is 11.5 Å². The lowest BCUT2D eigenvalue weighted by Gasteiger charge is -2.26. The van der Waals surface area contributed by atoms with E-state index in [1.807, 2.05) is 26.0 Å². The lowest BCUT2D eigenvalue weighted by atomic mass is 10.1. The van der Waals surface area contributed by atoms with Crippen LogP contribution in [0.2, 0.25) is 0 Å². The Morgan fingerprint density at radius 2 is 1.75 bits per heavy atom. The van der Waals surface area contributed by atoms with Crippen molar-refractivity contribution in [1.29, 1.82) is 0 Å². The fourth-order valence-corrected chi connectivity index (χ4v) is 5.29. The van der Waals surface area contributed by atoms with E-state index >= 15 is 0 Å². The van der Waals surface area contributed by atoms with Crippen molar-refractivity contribution in [2.45, 2.75) is 57.0 Å². The molecule has 0 spiro atoms. The molecule has 2 aromatic rings. The quantitative estimate of drug-likeness (QED) is 0.605. The Morgan fingerprint density at radius 1 is 1.06 bits per heavy atom. The summed E-state index contributed by atoms with van der Waals surface area (Å²) < 4.78 is 38.6. The molecule has 7 nitrogen and oxygen atoms in total. The lowest BCUT2D eigenvalue weighted by molar-refractivity contribution is -0.116. The molecular formula is C24H32N2O5S. The third-order valence-electron chi connectivity index (χ3n) is 5.34. The average Bonchev–Trinajstić information content (AvgIpc) is 2.79. The lowest BCUT2D eigenvalue weighted by Crippen LogP contribution is -2.35. The van der Waals surface area contributed by atoms with Crippen molar-refractivity contribution >= 4 is 21.6 Å². The number of amides is 1. The SMILES string of the molecule is COc1ccc(S(=O)(=O)N2CCCCC2)cc1CCC(=O)Nc1ccc(OC(C)C)cc1. The highest BCUT2D eigenvalue weighted by Gasteiger charge is 2.26. The van der Waals surface area contributed by atoms with Gasteiger partial charge in [0.1, 0.15) is 11.5 Å². The van der Waals surface area contributed by atoms with Crippen molar-refractivity contribution in [2.75, 3.05) is 25.5 Å². The van der Waals surface area contributed by atoms with E-state index in [2.05, 4.69) is 5.32 Å². The second-order valence-electron chi connectivity index (χ2n) is 8.18. The molecule has 0 unspecified atom stereocenters. The molecule has 3 rings (SSSR count). The van der Waals surface area contributed by atoms with Crippen LogP contribution in [0.15, 0.2) is 47.4 Å². The molecule has 174 valence electrons. The first-order valence-electron chi connectivity index (χ1n) is 11.0. The van der Waals surface area contributed by atoms with Gasteiger partial charge in [-0.15, -0.1) is 0 Å². The van der Waals surface area contributed by atoms with Crippen LogP contribution in [0.3, 0.4) is 0 Å². The standard InChI is InChI=1S/C24H32N2O5S/c1-18(2)31-21-10-8-20(9-11-21)25-24(27)14-7-19-17-22(12-13-23(19)30-3)32(28,29)26-15-5-4-6-16-26/h8-13,17-18H,4-7,14-16H2,1-3H3,(H,25,27). The third kappa shape index (κ3) is 6.23. The van der Waals surface area contributed by atoms with Crippen LogP contribution in [0, 0.1) is 0 Å². The Labute approximate surface area is 190 Å². The monoisotopic (exact) mass is 460 g/mol. The molecule has 1 saturated heterocycles. The number of methoxy groups -OCH3 is 1. The number of hydrogen-bond acceptors (Lipinski definition) is 5. The largest absolute Gasteiger partial charge is 0.496 e. The van der Waals surface area contributed by atoms with Gasteiger partial charge >= 0.3 is 0 Å². The van der Waals surface area contributed by atoms with Gasteiger partial charge < -0.3 is 14.8 Å². The molecule has 32 heavy (non-hydrogen) atoms. The van der Waals surface area contributed by atoms with Gasteiger partial charge in [-0.1, -0.05) is 6.42 Å². The topological polar surface area (TPSA) is 84.9 Å². The Morgan fingerprint density at radius 3 is 2.38 bits per heavy atom. The number of hydrogen-bond donors (Lipinski definition) is 1. The minimum absolute atomic E-state index is 0.0833. The van der Waals surface area contributed by atoms with Gasteiger partial charge in [0.25, 0.3) is 0 Å². The first-order valence-corrected chi connectivity index (χ1v) is 12.5. The summed E-state index contributed by atoms with van der Waals surface area (Å²) in [5.41, 5.74) is 1.38. The highest BCUT2D eigenvalue weighted by Crippen LogP contribution is 2.27. The molecule has 1 aliphatic rings. The van der Waals surface area contributed by atoms with E-state index in [1.54, 1.807) is 41.7 Å². The molecule has 1 aliphatic heterocycles. The number of ether oxygens (including phenoxy) is 2. The van der Waals surface area contributed by atoms with E-state index in [-0.39, 0.29) is 23.3 Å². The Kier molecular flexibility index (Phi) is 8.15. The molecule has 2 aromatic carbocycles. The van der Waals surface area contributed by atoms with Crippen molar-refractivity contribution in [1.82, 2.24) is 4.31 Å². The second-order valence-corrected chi connectivity index (χ2v) is 10.1. The zero-order chi connectivity index (χ0) is 23.1. The van der Waals surface area contributed by atoms with Crippen molar-refractivity contribution in [3.05, 3.63) is 48.0 Å². The molecule has 0 atom stereocenters. The summed E-state index contributed by atoms with van der Waals surface area (Å²) >= 11 is 0. The van der Waals surface area contributed by atoms with Crippen molar-refractivity contribution < 1.29 is 22.7 Å². The van der Waals surface area contributed by atoms with Crippen LogP contribution >= 0.6 is 0 Å². The maximum absolute atomic E-state index is 13.0. The van der Waals surface area contributed by atoms with Gasteiger partial charge in [-0.25, -0.2) is 8.42 Å². The van der Waals surface area contributed by atoms with Crippen LogP contribution in [0.1, 0.15) is 45.1 Å². The van der Waals surface area contributed by atoms with Gasteiger partial charge in [0.2, 0.25) is 15.9 Å². The van der Waals surface area contributed by atoms with Crippen molar-refractivity contribution in [3.8, 4) is 11.5 Å². The molecule has 8 heteroatoms. The summed E-state index contributed by atoms with van der Waals surface area (Å²) in [6, 6.07) is 12.1. The molecule has 1 heterocycles. The van der Waals surface area contributed by atoms with E-state index in [0.717, 1.165) is 25.0 Å². The van der Waals surface area contributed by atoms with E-state index in [9.17, 15) is 13.2 Å². The summed E-state index contributed by atoms with van der Waals surface area (Å²) in [5.74, 6) is 1.16. The summed E-state index contributed by atoms with van der Waals surface area (Å²) in [6.07, 6.45) is 3.48. The van der Waals surface area contributed by atoms with Crippen molar-refractivity contribution in [2.24, 2.45) is 0 Å². The van der Waals surface area contributed by atoms with E-state index in [1.165, 1.54) is 0 Å². The fourth-order valence-electron chi connectivity index (χ4n) is 3.73. The highest BCUT2D eigenvalue weighted by atomic mass is 32.2. The number of nitrogens with one attached hydrogen (secondary N) is 1. The molecule has 0 radical (unpaired) electrons. The summed E-state index contributed by atoms with van der Waals surface area (Å²) in [4.78, 5) is 12.7. The minimum atomic E-state index is -3.54. The van der Waals surface area contributed by atoms with E-state index in [4.69, 9.17) is 9.47 Å². The van der Waals surface area contributed by atoms with Crippen LogP contribution in [0.4, 0.5) is 5.69 Å². The predicted molar refractivity (Wildman–Crippen MR) is 125 cm³/mol. The van der Waals surface area contributed by atoms with Crippen molar-refractivity contribution in [3.63, 3.8) is 0 Å². The maximum atomic E-state index is 13.0. The molecule has 1 amide bonds. The number of carbonyl (C=O) groups excluding carboxylic acids is 1. The van der Waals surface area contributed by atoms with Gasteiger partial charge in [-0.3, -0.25) is 4.79 Å². The van der Waals surface area contributed by atoms with Crippen LogP contribution < -0.4 is 14.8 Å². The average molecular weight is 461 g/mol. The van der Waals surface area contributed by atoms with Crippen LogP contribution in [-0.2, 0) is 21.2 Å². The van der Waals surface area contributed by atoms with Gasteiger partial charge in [-0.2, -0.15) is 4.31 Å². The molecule has 1 N–H and O–H groups in total. The minimum Gasteiger partial charge on any atom is -0.496 e. The molecular weight excluding hydrogens is 428 g/mol. The predicted octanol–water partition coefficient (Wildman–Crippen LogP) is 4.23. The maximum Gasteiger partial charge on any atom is 0.243 e. The summed E-state index contributed by atoms with van der Waals surface area (Å²) in [7, 11) is -2.00. The van der Waals surface area contributed by atoms with Gasteiger partial charge in [0.15, 0.2) is 0 Å². The number of piperidine rings is 1. The van der Waals surface area contributed by atoms with Crippen LogP contribution in [0.25, 0.3) is 0 Å². The molecule has 0 aromatic heterocycles. The number of carbonyl (C=O) groups is 1. The first kappa shape index (κ1) is 24.1. The third-order valence-corrected chi connectivity index (χ3v) is 7.23.